The number of carbonyl (C=O) groups is 2. The van der Waals surface area contributed by atoms with Gasteiger partial charge in [0.1, 0.15) is 5.78 Å². The van der Waals surface area contributed by atoms with Gasteiger partial charge in [0.2, 0.25) is 0 Å². The zero-order chi connectivity index (χ0) is 17.4. The lowest BCUT2D eigenvalue weighted by Gasteiger charge is -2.20. The number of fused-ring (bicyclic) bond motifs is 1. The van der Waals surface area contributed by atoms with Gasteiger partial charge < -0.3 is 10.7 Å². The molecule has 3 aromatic rings. The van der Waals surface area contributed by atoms with E-state index in [1.165, 1.54) is 5.56 Å². The Hall–Kier alpha value is -2.88. The lowest BCUT2D eigenvalue weighted by Crippen LogP contribution is -2.13. The fourth-order valence-electron chi connectivity index (χ4n) is 3.83. The van der Waals surface area contributed by atoms with E-state index in [1.807, 2.05) is 42.6 Å². The van der Waals surface area contributed by atoms with E-state index in [2.05, 4.69) is 11.1 Å². The number of H-pyrrole nitrogens is 1. The molecular weight excluding hydrogens is 312 g/mol. The van der Waals surface area contributed by atoms with Gasteiger partial charge in [-0.15, -0.1) is 0 Å². The van der Waals surface area contributed by atoms with E-state index in [-0.39, 0.29) is 0 Å². The molecule has 0 radical (unpaired) electrons. The summed E-state index contributed by atoms with van der Waals surface area (Å²) < 4.78 is 0. The molecular formula is C21H20N2O2. The number of rotatable bonds is 3. The largest absolute Gasteiger partial charge is 0.366 e. The summed E-state index contributed by atoms with van der Waals surface area (Å²) in [6, 6.07) is 14.0. The summed E-state index contributed by atoms with van der Waals surface area (Å²) in [6.07, 6.45) is 4.99. The van der Waals surface area contributed by atoms with Crippen molar-refractivity contribution in [3.8, 4) is 11.1 Å². The smallest absolute Gasteiger partial charge is 0.250 e. The lowest BCUT2D eigenvalue weighted by molar-refractivity contribution is -0.120. The molecule has 25 heavy (non-hydrogen) atoms. The maximum Gasteiger partial charge on any atom is 0.250 e. The Morgan fingerprint density at radius 2 is 1.76 bits per heavy atom. The van der Waals surface area contributed by atoms with Gasteiger partial charge in [0.05, 0.1) is 11.1 Å². The van der Waals surface area contributed by atoms with Gasteiger partial charge in [0.25, 0.3) is 5.91 Å². The molecule has 1 aliphatic rings. The molecule has 1 amide bonds. The Labute approximate surface area is 146 Å². The van der Waals surface area contributed by atoms with Crippen LogP contribution < -0.4 is 5.73 Å². The molecule has 1 fully saturated rings. The molecule has 1 aromatic heterocycles. The van der Waals surface area contributed by atoms with Crippen molar-refractivity contribution < 1.29 is 9.59 Å². The van der Waals surface area contributed by atoms with Crippen LogP contribution in [0, 0.1) is 0 Å². The third-order valence-corrected chi connectivity index (χ3v) is 5.18. The number of aromatic nitrogens is 1. The number of carbonyl (C=O) groups excluding carboxylic acids is 2. The van der Waals surface area contributed by atoms with E-state index in [4.69, 9.17) is 5.73 Å². The van der Waals surface area contributed by atoms with Gasteiger partial charge in [-0.05, 0) is 47.6 Å². The molecule has 0 spiro atoms. The fourth-order valence-corrected chi connectivity index (χ4v) is 3.83. The topological polar surface area (TPSA) is 76.0 Å². The van der Waals surface area contributed by atoms with Crippen LogP contribution in [0.1, 0.15) is 47.5 Å². The third-order valence-electron chi connectivity index (χ3n) is 5.18. The number of nitrogens with one attached hydrogen (secondary N) is 1. The molecule has 1 saturated carbocycles. The molecule has 4 rings (SSSR count). The Kier molecular flexibility index (Phi) is 3.88. The molecule has 1 aliphatic carbocycles. The first-order chi connectivity index (χ1) is 12.1. The quantitative estimate of drug-likeness (QED) is 0.755. The van der Waals surface area contributed by atoms with E-state index < -0.39 is 5.91 Å². The van der Waals surface area contributed by atoms with Crippen LogP contribution in [0.3, 0.4) is 0 Å². The maximum absolute atomic E-state index is 12.0. The first-order valence-electron chi connectivity index (χ1n) is 8.65. The van der Waals surface area contributed by atoms with Crippen molar-refractivity contribution in [2.24, 2.45) is 5.73 Å². The number of Topliss-reactive ketones (excluding diaryl/α,β-unsaturated/α-hetero) is 1. The summed E-state index contributed by atoms with van der Waals surface area (Å²) in [4.78, 5) is 26.8. The average Bonchev–Trinajstić information content (AvgIpc) is 3.06. The number of hydrogen-bond donors (Lipinski definition) is 2. The van der Waals surface area contributed by atoms with Crippen molar-refractivity contribution in [2.45, 2.75) is 31.6 Å². The summed E-state index contributed by atoms with van der Waals surface area (Å²) in [5.41, 5.74) is 10.1. The maximum atomic E-state index is 12.0. The minimum Gasteiger partial charge on any atom is -0.366 e. The van der Waals surface area contributed by atoms with E-state index in [9.17, 15) is 9.59 Å². The number of nitrogens with two attached hydrogens (primary N) is 1. The van der Waals surface area contributed by atoms with Gasteiger partial charge in [0, 0.05) is 24.4 Å². The predicted octanol–water partition coefficient (Wildman–Crippen LogP) is 4.16. The second-order valence-corrected chi connectivity index (χ2v) is 6.73. The summed E-state index contributed by atoms with van der Waals surface area (Å²) in [5, 5.41) is 1.04. The fraction of sp³-hybridized carbons (Fsp3) is 0.238. The number of hydrogen-bond acceptors (Lipinski definition) is 2. The molecule has 4 heteroatoms. The van der Waals surface area contributed by atoms with Gasteiger partial charge in [-0.3, -0.25) is 9.59 Å². The van der Waals surface area contributed by atoms with Gasteiger partial charge in [-0.1, -0.05) is 30.3 Å². The molecule has 0 saturated heterocycles. The summed E-state index contributed by atoms with van der Waals surface area (Å²) in [7, 11) is 0. The average molecular weight is 332 g/mol. The van der Waals surface area contributed by atoms with E-state index in [1.54, 1.807) is 0 Å². The first-order valence-corrected chi connectivity index (χ1v) is 8.65. The lowest BCUT2D eigenvalue weighted by atomic mass is 9.83. The molecule has 0 bridgehead atoms. The number of amides is 1. The molecule has 0 unspecified atom stereocenters. The summed E-state index contributed by atoms with van der Waals surface area (Å²) in [6.45, 7) is 0. The van der Waals surface area contributed by atoms with Crippen LogP contribution >= 0.6 is 0 Å². The zero-order valence-corrected chi connectivity index (χ0v) is 13.9. The van der Waals surface area contributed by atoms with E-state index >= 15 is 0 Å². The van der Waals surface area contributed by atoms with Crippen molar-refractivity contribution in [3.05, 3.63) is 59.8 Å². The monoisotopic (exact) mass is 332 g/mol. The number of primary amides is 1. The van der Waals surface area contributed by atoms with Crippen LogP contribution in [0.15, 0.2) is 48.7 Å². The van der Waals surface area contributed by atoms with Crippen LogP contribution in [0.2, 0.25) is 0 Å². The van der Waals surface area contributed by atoms with Crippen LogP contribution in [0.4, 0.5) is 0 Å². The number of aromatic amines is 1. The Bertz CT molecular complexity index is 947. The second kappa shape index (κ2) is 6.20. The number of benzene rings is 2. The molecule has 1 heterocycles. The highest BCUT2D eigenvalue weighted by Gasteiger charge is 2.24. The van der Waals surface area contributed by atoms with Crippen molar-refractivity contribution in [1.29, 1.82) is 0 Å². The van der Waals surface area contributed by atoms with Crippen LogP contribution in [-0.2, 0) is 4.79 Å². The highest BCUT2D eigenvalue weighted by molar-refractivity contribution is 6.07. The van der Waals surface area contributed by atoms with Crippen molar-refractivity contribution in [1.82, 2.24) is 4.98 Å². The minimum atomic E-state index is -0.435. The van der Waals surface area contributed by atoms with Crippen LogP contribution in [0.25, 0.3) is 22.0 Å². The normalized spacial score (nSPS) is 15.6. The molecule has 0 aliphatic heterocycles. The molecule has 3 N–H and O–H groups in total. The third kappa shape index (κ3) is 2.84. The van der Waals surface area contributed by atoms with Gasteiger partial charge in [0.15, 0.2) is 0 Å². The Balaban J connectivity index is 1.87. The van der Waals surface area contributed by atoms with Crippen molar-refractivity contribution >= 4 is 22.6 Å². The molecule has 2 aromatic carbocycles. The first kappa shape index (κ1) is 15.6. The highest BCUT2D eigenvalue weighted by atomic mass is 16.1. The molecule has 126 valence electrons. The van der Waals surface area contributed by atoms with Gasteiger partial charge in [-0.25, -0.2) is 0 Å². The molecule has 4 nitrogen and oxygen atoms in total. The zero-order valence-electron chi connectivity index (χ0n) is 13.9. The SMILES string of the molecule is NC(=O)c1cc(-c2ccccc2)cc2c(C3CCC(=O)CC3)c[nH]c12. The van der Waals surface area contributed by atoms with Crippen LogP contribution in [0.5, 0.6) is 0 Å². The van der Waals surface area contributed by atoms with Crippen molar-refractivity contribution in [3.63, 3.8) is 0 Å². The Morgan fingerprint density at radius 1 is 1.04 bits per heavy atom. The minimum absolute atomic E-state index is 0.346. The highest BCUT2D eigenvalue weighted by Crippen LogP contribution is 2.38. The van der Waals surface area contributed by atoms with Gasteiger partial charge in [-0.2, -0.15) is 0 Å². The van der Waals surface area contributed by atoms with Crippen LogP contribution in [-0.4, -0.2) is 16.7 Å². The van der Waals surface area contributed by atoms with E-state index in [0.29, 0.717) is 30.1 Å². The summed E-state index contributed by atoms with van der Waals surface area (Å²) in [5.74, 6) is 0.257. The predicted molar refractivity (Wildman–Crippen MR) is 98.5 cm³/mol. The molecule has 0 atom stereocenters. The number of ketones is 1. The van der Waals surface area contributed by atoms with Gasteiger partial charge >= 0.3 is 0 Å². The Morgan fingerprint density at radius 3 is 2.44 bits per heavy atom. The summed E-state index contributed by atoms with van der Waals surface area (Å²) >= 11 is 0. The van der Waals surface area contributed by atoms with Crippen molar-refractivity contribution in [2.75, 3.05) is 0 Å². The standard InChI is InChI=1S/C21H20N2O2/c22-21(25)18-11-15(13-4-2-1-3-5-13)10-17-19(12-23-20(17)18)14-6-8-16(24)9-7-14/h1-5,10-12,14,23H,6-9H2,(H2,22,25). The van der Waals surface area contributed by atoms with E-state index in [0.717, 1.165) is 34.9 Å². The second-order valence-electron chi connectivity index (χ2n) is 6.73.